The average Bonchev–Trinajstić information content (AvgIpc) is 1.82. The Kier molecular flexibility index (Phi) is 4.71. The summed E-state index contributed by atoms with van der Waals surface area (Å²) in [5.74, 6) is 1.59. The van der Waals surface area contributed by atoms with Gasteiger partial charge in [0.05, 0.1) is 0 Å². The molecular formula is C9H21N. The molecular weight excluding hydrogens is 122 g/mol. The molecule has 0 aromatic heterocycles. The van der Waals surface area contributed by atoms with Gasteiger partial charge >= 0.3 is 0 Å². The zero-order valence-corrected chi connectivity index (χ0v) is 7.94. The Hall–Kier alpha value is -0.0400. The van der Waals surface area contributed by atoms with Crippen molar-refractivity contribution in [2.24, 2.45) is 11.8 Å². The second-order valence-electron chi connectivity index (χ2n) is 3.78. The van der Waals surface area contributed by atoms with Gasteiger partial charge in [0.15, 0.2) is 0 Å². The number of rotatable bonds is 4. The summed E-state index contributed by atoms with van der Waals surface area (Å²) >= 11 is 0. The lowest BCUT2D eigenvalue weighted by Gasteiger charge is -2.17. The molecule has 0 aliphatic carbocycles. The molecule has 1 heteroatoms. The van der Waals surface area contributed by atoms with E-state index in [4.69, 9.17) is 0 Å². The minimum atomic E-state index is 0.626. The summed E-state index contributed by atoms with van der Waals surface area (Å²) < 4.78 is 0. The van der Waals surface area contributed by atoms with Crippen molar-refractivity contribution in [3.05, 3.63) is 0 Å². The van der Waals surface area contributed by atoms with Gasteiger partial charge in [-0.25, -0.2) is 0 Å². The number of hydrogen-bond donors (Lipinski definition) is 1. The van der Waals surface area contributed by atoms with E-state index in [1.807, 2.05) is 0 Å². The molecule has 0 spiro atoms. The normalized spacial score (nSPS) is 14.7. The summed E-state index contributed by atoms with van der Waals surface area (Å²) in [7, 11) is 0. The van der Waals surface area contributed by atoms with Crippen LogP contribution in [0.25, 0.3) is 0 Å². The molecule has 0 saturated carbocycles. The van der Waals surface area contributed by atoms with Gasteiger partial charge in [0.1, 0.15) is 0 Å². The first-order chi connectivity index (χ1) is 4.54. The predicted octanol–water partition coefficient (Wildman–Crippen LogP) is 2.28. The zero-order chi connectivity index (χ0) is 8.15. The summed E-state index contributed by atoms with van der Waals surface area (Å²) in [6, 6.07) is 0.626. The highest BCUT2D eigenvalue weighted by molar-refractivity contribution is 4.62. The fourth-order valence-corrected chi connectivity index (χ4v) is 0.657. The highest BCUT2D eigenvalue weighted by Crippen LogP contribution is 2.07. The number of hydrogen-bond acceptors (Lipinski definition) is 1. The minimum Gasteiger partial charge on any atom is -0.314 e. The molecule has 0 rings (SSSR count). The van der Waals surface area contributed by atoms with Crippen LogP contribution in [0.15, 0.2) is 0 Å². The van der Waals surface area contributed by atoms with Crippen molar-refractivity contribution in [2.45, 2.75) is 40.7 Å². The van der Waals surface area contributed by atoms with Gasteiger partial charge in [-0.05, 0) is 18.4 Å². The molecule has 62 valence electrons. The van der Waals surface area contributed by atoms with Gasteiger partial charge in [-0.2, -0.15) is 0 Å². The molecule has 0 bridgehead atoms. The van der Waals surface area contributed by atoms with Gasteiger partial charge in [-0.15, -0.1) is 0 Å². The van der Waals surface area contributed by atoms with Crippen molar-refractivity contribution in [1.82, 2.24) is 5.32 Å². The summed E-state index contributed by atoms with van der Waals surface area (Å²) in [5.41, 5.74) is 0. The molecule has 0 unspecified atom stereocenters. The lowest BCUT2D eigenvalue weighted by atomic mass is 9.98. The van der Waals surface area contributed by atoms with Crippen molar-refractivity contribution in [2.75, 3.05) is 6.54 Å². The van der Waals surface area contributed by atoms with Crippen LogP contribution in [0.1, 0.15) is 34.6 Å². The van der Waals surface area contributed by atoms with Crippen LogP contribution in [-0.2, 0) is 0 Å². The molecule has 1 N–H and O–H groups in total. The molecule has 0 aromatic carbocycles. The maximum Gasteiger partial charge on any atom is 0.00104 e. The first-order valence-electron chi connectivity index (χ1n) is 4.27. The van der Waals surface area contributed by atoms with Crippen LogP contribution in [0.3, 0.4) is 0 Å². The highest BCUT2D eigenvalue weighted by Gasteiger charge is 2.06. The maximum absolute atomic E-state index is 3.43. The minimum absolute atomic E-state index is 0.626. The Balaban J connectivity index is 3.30. The van der Waals surface area contributed by atoms with Crippen LogP contribution in [0.2, 0.25) is 0 Å². The van der Waals surface area contributed by atoms with E-state index in [9.17, 15) is 0 Å². The lowest BCUT2D eigenvalue weighted by Crippen LogP contribution is -2.29. The monoisotopic (exact) mass is 143 g/mol. The van der Waals surface area contributed by atoms with E-state index in [1.165, 1.54) is 0 Å². The Morgan fingerprint density at radius 2 is 1.50 bits per heavy atom. The molecule has 1 nitrogen and oxygen atoms in total. The second kappa shape index (κ2) is 4.73. The second-order valence-corrected chi connectivity index (χ2v) is 3.78. The summed E-state index contributed by atoms with van der Waals surface area (Å²) in [6.07, 6.45) is 0. The topological polar surface area (TPSA) is 12.0 Å². The standard InChI is InChI=1S/C9H21N/c1-7(2)9(5)6-10-8(3)4/h7-10H,6H2,1-5H3/t9-/m1/s1. The smallest absolute Gasteiger partial charge is 0.00104 e. The van der Waals surface area contributed by atoms with Gasteiger partial charge in [0.2, 0.25) is 0 Å². The van der Waals surface area contributed by atoms with Crippen molar-refractivity contribution >= 4 is 0 Å². The fourth-order valence-electron chi connectivity index (χ4n) is 0.657. The van der Waals surface area contributed by atoms with Crippen molar-refractivity contribution in [1.29, 1.82) is 0 Å². The van der Waals surface area contributed by atoms with E-state index in [1.54, 1.807) is 0 Å². The molecule has 0 radical (unpaired) electrons. The molecule has 0 amide bonds. The third kappa shape index (κ3) is 4.80. The average molecular weight is 143 g/mol. The van der Waals surface area contributed by atoms with Gasteiger partial charge in [0.25, 0.3) is 0 Å². The zero-order valence-electron chi connectivity index (χ0n) is 7.94. The molecule has 10 heavy (non-hydrogen) atoms. The van der Waals surface area contributed by atoms with E-state index in [2.05, 4.69) is 39.9 Å². The Morgan fingerprint density at radius 3 is 1.80 bits per heavy atom. The van der Waals surface area contributed by atoms with E-state index >= 15 is 0 Å². The number of nitrogens with one attached hydrogen (secondary N) is 1. The van der Waals surface area contributed by atoms with Crippen LogP contribution in [0.5, 0.6) is 0 Å². The first kappa shape index (κ1) is 9.96. The highest BCUT2D eigenvalue weighted by atomic mass is 14.9. The molecule has 0 aromatic rings. The molecule has 0 aliphatic heterocycles. The molecule has 0 fully saturated rings. The van der Waals surface area contributed by atoms with Crippen LogP contribution in [0, 0.1) is 11.8 Å². The molecule has 0 saturated heterocycles. The SMILES string of the molecule is CC(C)NC[C@@H](C)C(C)C. The molecule has 0 aliphatic rings. The Morgan fingerprint density at radius 1 is 1.00 bits per heavy atom. The molecule has 1 atom stereocenters. The predicted molar refractivity (Wildman–Crippen MR) is 47.1 cm³/mol. The maximum atomic E-state index is 3.43. The first-order valence-corrected chi connectivity index (χ1v) is 4.27. The van der Waals surface area contributed by atoms with E-state index in [0.29, 0.717) is 6.04 Å². The van der Waals surface area contributed by atoms with Crippen LogP contribution in [-0.4, -0.2) is 12.6 Å². The summed E-state index contributed by atoms with van der Waals surface area (Å²) in [6.45, 7) is 12.4. The van der Waals surface area contributed by atoms with Crippen molar-refractivity contribution in [3.63, 3.8) is 0 Å². The van der Waals surface area contributed by atoms with Gasteiger partial charge in [-0.3, -0.25) is 0 Å². The van der Waals surface area contributed by atoms with Crippen LogP contribution >= 0.6 is 0 Å². The van der Waals surface area contributed by atoms with Gasteiger partial charge in [0, 0.05) is 6.04 Å². The lowest BCUT2D eigenvalue weighted by molar-refractivity contribution is 0.379. The fraction of sp³-hybridized carbons (Fsp3) is 1.00. The van der Waals surface area contributed by atoms with Gasteiger partial charge in [-0.1, -0.05) is 34.6 Å². The summed E-state index contributed by atoms with van der Waals surface area (Å²) in [4.78, 5) is 0. The molecule has 0 heterocycles. The summed E-state index contributed by atoms with van der Waals surface area (Å²) in [5, 5.41) is 3.43. The third-order valence-corrected chi connectivity index (χ3v) is 1.99. The van der Waals surface area contributed by atoms with Crippen molar-refractivity contribution < 1.29 is 0 Å². The Bertz CT molecular complexity index is 76.8. The Labute approximate surface area is 65.2 Å². The quantitative estimate of drug-likeness (QED) is 0.636. The van der Waals surface area contributed by atoms with Gasteiger partial charge < -0.3 is 5.32 Å². The largest absolute Gasteiger partial charge is 0.314 e. The van der Waals surface area contributed by atoms with Crippen molar-refractivity contribution in [3.8, 4) is 0 Å². The van der Waals surface area contributed by atoms with E-state index < -0.39 is 0 Å². The third-order valence-electron chi connectivity index (χ3n) is 1.99. The van der Waals surface area contributed by atoms with Crippen LogP contribution in [0.4, 0.5) is 0 Å². The van der Waals surface area contributed by atoms with Crippen LogP contribution < -0.4 is 5.32 Å². The van der Waals surface area contributed by atoms with E-state index in [-0.39, 0.29) is 0 Å². The van der Waals surface area contributed by atoms with E-state index in [0.717, 1.165) is 18.4 Å².